The van der Waals surface area contributed by atoms with E-state index in [1.165, 1.54) is 47.6 Å². The third-order valence-corrected chi connectivity index (χ3v) is 7.37. The van der Waals surface area contributed by atoms with Crippen LogP contribution in [0.5, 0.6) is 0 Å². The zero-order valence-electron chi connectivity index (χ0n) is 18.5. The second-order valence-corrected chi connectivity index (χ2v) is 9.86. The molecule has 3 rings (SSSR count). The van der Waals surface area contributed by atoms with Gasteiger partial charge >= 0.3 is 5.97 Å². The van der Waals surface area contributed by atoms with Crippen LogP contribution in [0.25, 0.3) is 0 Å². The number of aryl methyl sites for hydroxylation is 1. The normalized spacial score (nSPS) is 15.5. The molecule has 2 amide bonds. The summed E-state index contributed by atoms with van der Waals surface area (Å²) in [4.78, 5) is 36.3. The van der Waals surface area contributed by atoms with Crippen LogP contribution in [0, 0.1) is 6.92 Å². The van der Waals surface area contributed by atoms with E-state index in [9.17, 15) is 22.8 Å². The average Bonchev–Trinajstić information content (AvgIpc) is 2.80. The van der Waals surface area contributed by atoms with E-state index in [4.69, 9.17) is 10.5 Å². The van der Waals surface area contributed by atoms with E-state index >= 15 is 0 Å². The Hall–Kier alpha value is -3.24. The molecule has 0 aromatic heterocycles. The van der Waals surface area contributed by atoms with Gasteiger partial charge in [-0.1, -0.05) is 12.5 Å². The molecule has 1 aliphatic heterocycles. The van der Waals surface area contributed by atoms with Crippen molar-refractivity contribution >= 4 is 33.5 Å². The molecule has 0 saturated carbocycles. The molecule has 9 nitrogen and oxygen atoms in total. The van der Waals surface area contributed by atoms with Crippen LogP contribution < -0.4 is 11.1 Å². The molecule has 1 saturated heterocycles. The van der Waals surface area contributed by atoms with Crippen molar-refractivity contribution < 1.29 is 27.5 Å². The molecule has 1 atom stereocenters. The van der Waals surface area contributed by atoms with Gasteiger partial charge in [0.25, 0.3) is 5.91 Å². The highest BCUT2D eigenvalue weighted by atomic mass is 32.2. The molecule has 33 heavy (non-hydrogen) atoms. The highest BCUT2D eigenvalue weighted by Gasteiger charge is 2.28. The molecule has 0 aliphatic carbocycles. The summed E-state index contributed by atoms with van der Waals surface area (Å²) in [7, 11) is -3.72. The fourth-order valence-electron chi connectivity index (χ4n) is 3.48. The minimum absolute atomic E-state index is 0.0218. The maximum absolute atomic E-state index is 13.0. The van der Waals surface area contributed by atoms with Crippen molar-refractivity contribution in [3.05, 3.63) is 59.2 Å². The largest absolute Gasteiger partial charge is 0.449 e. The van der Waals surface area contributed by atoms with Crippen molar-refractivity contribution in [1.82, 2.24) is 4.31 Å². The number of anilines is 1. The van der Waals surface area contributed by atoms with Crippen molar-refractivity contribution in [3.63, 3.8) is 0 Å². The van der Waals surface area contributed by atoms with E-state index < -0.39 is 33.9 Å². The molecule has 0 bridgehead atoms. The van der Waals surface area contributed by atoms with Crippen LogP contribution in [-0.4, -0.2) is 49.7 Å². The quantitative estimate of drug-likeness (QED) is 0.593. The Labute approximate surface area is 193 Å². The zero-order chi connectivity index (χ0) is 24.2. The summed E-state index contributed by atoms with van der Waals surface area (Å²) in [5, 5.41) is 2.59. The van der Waals surface area contributed by atoms with Crippen LogP contribution in [-0.2, 0) is 19.6 Å². The molecule has 2 aromatic rings. The van der Waals surface area contributed by atoms with Crippen molar-refractivity contribution in [3.8, 4) is 0 Å². The topological polar surface area (TPSA) is 136 Å². The van der Waals surface area contributed by atoms with Crippen LogP contribution in [0.15, 0.2) is 47.4 Å². The van der Waals surface area contributed by atoms with E-state index in [1.54, 1.807) is 13.0 Å². The third-order valence-electron chi connectivity index (χ3n) is 5.47. The van der Waals surface area contributed by atoms with Crippen molar-refractivity contribution in [2.75, 3.05) is 18.4 Å². The van der Waals surface area contributed by atoms with E-state index in [2.05, 4.69) is 5.32 Å². The van der Waals surface area contributed by atoms with Crippen molar-refractivity contribution in [2.24, 2.45) is 5.73 Å². The summed E-state index contributed by atoms with van der Waals surface area (Å²) in [5.41, 5.74) is 6.50. The van der Waals surface area contributed by atoms with Gasteiger partial charge in [0, 0.05) is 24.3 Å². The molecule has 10 heteroatoms. The number of benzene rings is 2. The van der Waals surface area contributed by atoms with Crippen LogP contribution in [0.4, 0.5) is 5.69 Å². The highest BCUT2D eigenvalue weighted by Crippen LogP contribution is 2.23. The molecular formula is C23H27N3O6S. The van der Waals surface area contributed by atoms with Gasteiger partial charge in [0.05, 0.1) is 10.5 Å². The monoisotopic (exact) mass is 473 g/mol. The van der Waals surface area contributed by atoms with E-state index in [-0.39, 0.29) is 10.5 Å². The minimum Gasteiger partial charge on any atom is -0.449 e. The number of nitrogens with zero attached hydrogens (tertiary/aromatic N) is 1. The smallest absolute Gasteiger partial charge is 0.339 e. The number of nitrogens with one attached hydrogen (secondary N) is 1. The summed E-state index contributed by atoms with van der Waals surface area (Å²) >= 11 is 0. The van der Waals surface area contributed by atoms with Gasteiger partial charge in [0.2, 0.25) is 15.9 Å². The van der Waals surface area contributed by atoms with Crippen LogP contribution in [0.1, 0.15) is 52.5 Å². The van der Waals surface area contributed by atoms with Gasteiger partial charge in [-0.3, -0.25) is 9.59 Å². The standard InChI is InChI=1S/C23H27N3O6S/c1-15-6-11-19(33(30,31)26-12-4-3-5-13-26)14-20(15)23(29)32-16(2)22(28)25-18-9-7-17(8-10-18)21(24)27/h6-11,14,16H,3-5,12-13H2,1-2H3,(H2,24,27)(H,25,28)/t16-/m1/s1. The number of piperidine rings is 1. The number of primary amides is 1. The molecule has 3 N–H and O–H groups in total. The average molecular weight is 474 g/mol. The first-order chi connectivity index (χ1) is 15.6. The fourth-order valence-corrected chi connectivity index (χ4v) is 5.02. The summed E-state index contributed by atoms with van der Waals surface area (Å²) in [6, 6.07) is 10.3. The number of ether oxygens (including phenoxy) is 1. The highest BCUT2D eigenvalue weighted by molar-refractivity contribution is 7.89. The molecule has 0 radical (unpaired) electrons. The lowest BCUT2D eigenvalue weighted by Crippen LogP contribution is -2.35. The van der Waals surface area contributed by atoms with Gasteiger partial charge in [0.1, 0.15) is 0 Å². The van der Waals surface area contributed by atoms with Crippen molar-refractivity contribution in [2.45, 2.75) is 44.1 Å². The summed E-state index contributed by atoms with van der Waals surface area (Å²) in [6.45, 7) is 3.98. The van der Waals surface area contributed by atoms with Crippen LogP contribution in [0.2, 0.25) is 0 Å². The molecule has 1 aliphatic rings. The first-order valence-corrected chi connectivity index (χ1v) is 12.1. The van der Waals surface area contributed by atoms with Crippen LogP contribution >= 0.6 is 0 Å². The summed E-state index contributed by atoms with van der Waals surface area (Å²) in [5.74, 6) is -1.96. The minimum atomic E-state index is -3.72. The van der Waals surface area contributed by atoms with Crippen molar-refractivity contribution in [1.29, 1.82) is 0 Å². The number of nitrogens with two attached hydrogens (primary N) is 1. The number of sulfonamides is 1. The molecule has 1 fully saturated rings. The van der Waals surface area contributed by atoms with Crippen LogP contribution in [0.3, 0.4) is 0 Å². The number of rotatable bonds is 7. The molecule has 176 valence electrons. The lowest BCUT2D eigenvalue weighted by Gasteiger charge is -2.26. The van der Waals surface area contributed by atoms with E-state index in [1.807, 2.05) is 0 Å². The maximum atomic E-state index is 13.0. The van der Waals surface area contributed by atoms with Gasteiger partial charge in [-0.05, 0) is 68.7 Å². The number of amides is 2. The maximum Gasteiger partial charge on any atom is 0.339 e. The number of hydrogen-bond acceptors (Lipinski definition) is 6. The molecule has 0 unspecified atom stereocenters. The van der Waals surface area contributed by atoms with E-state index in [0.717, 1.165) is 19.3 Å². The summed E-state index contributed by atoms with van der Waals surface area (Å²) in [6.07, 6.45) is 1.46. The fraction of sp³-hybridized carbons (Fsp3) is 0.348. The van der Waals surface area contributed by atoms with Gasteiger partial charge in [0.15, 0.2) is 6.10 Å². The van der Waals surface area contributed by atoms with Gasteiger partial charge in [-0.25, -0.2) is 13.2 Å². The molecule has 1 heterocycles. The number of carbonyl (C=O) groups is 3. The lowest BCUT2D eigenvalue weighted by molar-refractivity contribution is -0.123. The second-order valence-electron chi connectivity index (χ2n) is 7.92. The summed E-state index contributed by atoms with van der Waals surface area (Å²) < 4.78 is 32.6. The first kappa shape index (κ1) is 24.4. The number of hydrogen-bond donors (Lipinski definition) is 2. The Kier molecular flexibility index (Phi) is 7.50. The Balaban J connectivity index is 1.70. The van der Waals surface area contributed by atoms with Gasteiger partial charge in [-0.15, -0.1) is 0 Å². The second kappa shape index (κ2) is 10.1. The molecular weight excluding hydrogens is 446 g/mol. The number of esters is 1. The third kappa shape index (κ3) is 5.77. The Morgan fingerprint density at radius 1 is 1.03 bits per heavy atom. The Morgan fingerprint density at radius 3 is 2.27 bits per heavy atom. The lowest BCUT2D eigenvalue weighted by atomic mass is 10.1. The number of carbonyl (C=O) groups excluding carboxylic acids is 3. The molecule has 2 aromatic carbocycles. The predicted molar refractivity (Wildman–Crippen MR) is 122 cm³/mol. The molecule has 0 spiro atoms. The predicted octanol–water partition coefficient (Wildman–Crippen LogP) is 2.45. The van der Waals surface area contributed by atoms with Gasteiger partial charge in [-0.2, -0.15) is 4.31 Å². The SMILES string of the molecule is Cc1ccc(S(=O)(=O)N2CCCCC2)cc1C(=O)O[C@H](C)C(=O)Nc1ccc(C(N)=O)cc1. The zero-order valence-corrected chi connectivity index (χ0v) is 19.4. The Bertz CT molecular complexity index is 1160. The van der Waals surface area contributed by atoms with E-state index in [0.29, 0.717) is 29.9 Å². The Morgan fingerprint density at radius 2 is 1.67 bits per heavy atom. The first-order valence-electron chi connectivity index (χ1n) is 10.6. The van der Waals surface area contributed by atoms with Gasteiger partial charge < -0.3 is 15.8 Å².